The van der Waals surface area contributed by atoms with Crippen molar-refractivity contribution in [2.75, 3.05) is 21.0 Å². The first kappa shape index (κ1) is 23.2. The normalized spacial score (nSPS) is 47.6. The van der Waals surface area contributed by atoms with Gasteiger partial charge in [0, 0.05) is 31.0 Å². The molecule has 0 aromatic rings. The first-order chi connectivity index (χ1) is 13.7. The number of methoxy groups -OCH3 is 2. The number of carbonyl (C=O) groups is 1. The third-order valence-electron chi connectivity index (χ3n) is 9.61. The van der Waals surface area contributed by atoms with Gasteiger partial charge < -0.3 is 14.2 Å². The predicted octanol–water partition coefficient (Wildman–Crippen LogP) is 5.63. The average molecular weight is 409 g/mol. The lowest BCUT2D eigenvalue weighted by Crippen LogP contribution is -2.63. The molecule has 3 rings (SSSR count). The topological polar surface area (TPSA) is 44.8 Å². The van der Waals surface area contributed by atoms with Crippen molar-refractivity contribution in [2.45, 2.75) is 98.2 Å². The fraction of sp³-hybridized carbons (Fsp3) is 0.960. The first-order valence-electron chi connectivity index (χ1n) is 11.9. The second-order valence-electron chi connectivity index (χ2n) is 10.8. The van der Waals surface area contributed by atoms with Gasteiger partial charge in [-0.05, 0) is 55.8 Å². The lowest BCUT2D eigenvalue weighted by atomic mass is 9.43. The van der Waals surface area contributed by atoms with Crippen LogP contribution >= 0.6 is 0 Å². The van der Waals surface area contributed by atoms with Gasteiger partial charge in [0.15, 0.2) is 0 Å². The van der Waals surface area contributed by atoms with Gasteiger partial charge in [-0.2, -0.15) is 0 Å². The molecule has 0 aromatic heterocycles. The third kappa shape index (κ3) is 3.51. The second-order valence-corrected chi connectivity index (χ2v) is 10.8. The minimum atomic E-state index is -0.324. The van der Waals surface area contributed by atoms with Gasteiger partial charge in [-0.1, -0.05) is 47.5 Å². The van der Waals surface area contributed by atoms with Crippen molar-refractivity contribution in [3.8, 4) is 0 Å². The van der Waals surface area contributed by atoms with E-state index in [0.717, 1.165) is 44.9 Å². The monoisotopic (exact) mass is 408 g/mol. The third-order valence-corrected chi connectivity index (χ3v) is 9.61. The predicted molar refractivity (Wildman–Crippen MR) is 116 cm³/mol. The van der Waals surface area contributed by atoms with Crippen LogP contribution in [0.4, 0.5) is 0 Å². The molecule has 8 atom stereocenters. The van der Waals surface area contributed by atoms with Crippen LogP contribution in [-0.4, -0.2) is 39.0 Å². The molecule has 3 saturated carbocycles. The van der Waals surface area contributed by atoms with Crippen LogP contribution in [0, 0.1) is 34.0 Å². The van der Waals surface area contributed by atoms with Gasteiger partial charge in [0.1, 0.15) is 12.6 Å². The Balaban J connectivity index is 2.14. The van der Waals surface area contributed by atoms with Crippen molar-refractivity contribution < 1.29 is 19.0 Å². The molecule has 3 fully saturated rings. The summed E-state index contributed by atoms with van der Waals surface area (Å²) in [6, 6.07) is 0. The molecule has 29 heavy (non-hydrogen) atoms. The maximum absolute atomic E-state index is 14.0. The van der Waals surface area contributed by atoms with Crippen molar-refractivity contribution in [3.05, 3.63) is 0 Å². The van der Waals surface area contributed by atoms with E-state index in [-0.39, 0.29) is 41.2 Å². The van der Waals surface area contributed by atoms with E-state index >= 15 is 0 Å². The summed E-state index contributed by atoms with van der Waals surface area (Å²) in [6.07, 6.45) is 8.66. The van der Waals surface area contributed by atoms with Crippen LogP contribution in [0.5, 0.6) is 0 Å². The molecule has 0 N–H and O–H groups in total. The van der Waals surface area contributed by atoms with Crippen LogP contribution in [-0.2, 0) is 19.0 Å². The number of hydrogen-bond acceptors (Lipinski definition) is 4. The Morgan fingerprint density at radius 1 is 1.10 bits per heavy atom. The Hall–Kier alpha value is -0.450. The van der Waals surface area contributed by atoms with Crippen LogP contribution < -0.4 is 0 Å². The molecule has 3 unspecified atom stereocenters. The van der Waals surface area contributed by atoms with E-state index in [0.29, 0.717) is 17.6 Å². The Kier molecular flexibility index (Phi) is 6.88. The van der Waals surface area contributed by atoms with Gasteiger partial charge in [-0.3, -0.25) is 4.79 Å². The van der Waals surface area contributed by atoms with Gasteiger partial charge in [-0.15, -0.1) is 0 Å². The molecule has 3 aliphatic carbocycles. The molecule has 168 valence electrons. The van der Waals surface area contributed by atoms with E-state index in [9.17, 15) is 4.79 Å². The number of ketones is 1. The SMILES string of the molecule is CCCC[C@]1(C)C[C@@H](OCOC)[C@@]2(C)C3C(OC)CCC3(CC[C@H]2C)[C@@H](C)C1=O. The zero-order valence-corrected chi connectivity index (χ0v) is 19.9. The van der Waals surface area contributed by atoms with Crippen molar-refractivity contribution in [2.24, 2.45) is 34.0 Å². The number of Topliss-reactive ketones (excluding diaryl/α,β-unsaturated/α-hetero) is 1. The van der Waals surface area contributed by atoms with Crippen LogP contribution in [0.25, 0.3) is 0 Å². The standard InChI is InChI=1S/C25H44O4/c1-8-9-12-23(4)15-20(29-16-27-6)24(5)17(2)10-13-25(18(3)22(23)26)14-11-19(28-7)21(24)25/h17-21H,8-16H2,1-7H3/t17-,18+,19?,20-,21?,23-,24+,25?/m1/s1. The van der Waals surface area contributed by atoms with Crippen molar-refractivity contribution in [1.29, 1.82) is 0 Å². The smallest absolute Gasteiger partial charge is 0.146 e. The second kappa shape index (κ2) is 8.59. The van der Waals surface area contributed by atoms with Crippen molar-refractivity contribution >= 4 is 5.78 Å². The highest BCUT2D eigenvalue weighted by atomic mass is 16.7. The molecule has 2 bridgehead atoms. The molecule has 0 saturated heterocycles. The minimum absolute atomic E-state index is 0.0104. The van der Waals surface area contributed by atoms with Gasteiger partial charge in [0.05, 0.1) is 12.2 Å². The van der Waals surface area contributed by atoms with E-state index in [1.807, 2.05) is 7.11 Å². The van der Waals surface area contributed by atoms with E-state index in [1.165, 1.54) is 6.42 Å². The Bertz CT molecular complexity index is 591. The molecule has 0 aromatic carbocycles. The number of carbonyl (C=O) groups excluding carboxylic acids is 1. The molecule has 0 aliphatic heterocycles. The van der Waals surface area contributed by atoms with Crippen LogP contribution in [0.15, 0.2) is 0 Å². The van der Waals surface area contributed by atoms with Crippen molar-refractivity contribution in [3.63, 3.8) is 0 Å². The van der Waals surface area contributed by atoms with E-state index in [4.69, 9.17) is 14.2 Å². The summed E-state index contributed by atoms with van der Waals surface area (Å²) in [5.41, 5.74) is -0.298. The van der Waals surface area contributed by atoms with Gasteiger partial charge in [0.2, 0.25) is 0 Å². The molecule has 3 aliphatic rings. The maximum atomic E-state index is 14.0. The Labute approximate surface area is 178 Å². The Morgan fingerprint density at radius 3 is 2.41 bits per heavy atom. The largest absolute Gasteiger partial charge is 0.381 e. The summed E-state index contributed by atoms with van der Waals surface area (Å²) in [5.74, 6) is 1.45. The molecule has 0 amide bonds. The first-order valence-corrected chi connectivity index (χ1v) is 11.9. The summed E-state index contributed by atoms with van der Waals surface area (Å²) < 4.78 is 17.9. The van der Waals surface area contributed by atoms with E-state index < -0.39 is 0 Å². The minimum Gasteiger partial charge on any atom is -0.381 e. The molecule has 4 nitrogen and oxygen atoms in total. The number of hydrogen-bond donors (Lipinski definition) is 0. The molecule has 0 radical (unpaired) electrons. The summed E-state index contributed by atoms with van der Waals surface area (Å²) >= 11 is 0. The van der Waals surface area contributed by atoms with Gasteiger partial charge in [0.25, 0.3) is 0 Å². The maximum Gasteiger partial charge on any atom is 0.146 e. The highest BCUT2D eigenvalue weighted by Gasteiger charge is 2.68. The van der Waals surface area contributed by atoms with Crippen LogP contribution in [0.1, 0.15) is 86.0 Å². The van der Waals surface area contributed by atoms with Crippen LogP contribution in [0.3, 0.4) is 0 Å². The zero-order valence-electron chi connectivity index (χ0n) is 19.9. The lowest BCUT2D eigenvalue weighted by molar-refractivity contribution is -0.220. The highest BCUT2D eigenvalue weighted by Crippen LogP contribution is 2.68. The van der Waals surface area contributed by atoms with Crippen molar-refractivity contribution in [1.82, 2.24) is 0 Å². The molecule has 4 heteroatoms. The summed E-state index contributed by atoms with van der Waals surface area (Å²) in [6.45, 7) is 11.8. The summed E-state index contributed by atoms with van der Waals surface area (Å²) in [5, 5.41) is 0. The fourth-order valence-electron chi connectivity index (χ4n) is 7.67. The van der Waals surface area contributed by atoms with E-state index in [1.54, 1.807) is 7.11 Å². The fourth-order valence-corrected chi connectivity index (χ4v) is 7.67. The van der Waals surface area contributed by atoms with Gasteiger partial charge >= 0.3 is 0 Å². The Morgan fingerprint density at radius 2 is 1.79 bits per heavy atom. The number of unbranched alkanes of at least 4 members (excludes halogenated alkanes) is 1. The summed E-state index contributed by atoms with van der Waals surface area (Å²) in [4.78, 5) is 14.0. The lowest BCUT2D eigenvalue weighted by Gasteiger charge is -2.62. The molecule has 0 spiro atoms. The molecular weight excluding hydrogens is 364 g/mol. The highest BCUT2D eigenvalue weighted by molar-refractivity contribution is 5.87. The zero-order chi connectivity index (χ0) is 21.4. The quantitative estimate of drug-likeness (QED) is 0.512. The summed E-state index contributed by atoms with van der Waals surface area (Å²) in [7, 11) is 3.55. The number of ether oxygens (including phenoxy) is 3. The average Bonchev–Trinajstić information content (AvgIpc) is 3.11. The molecule has 0 heterocycles. The van der Waals surface area contributed by atoms with E-state index in [2.05, 4.69) is 34.6 Å². The van der Waals surface area contributed by atoms with Crippen LogP contribution in [0.2, 0.25) is 0 Å². The van der Waals surface area contributed by atoms with Gasteiger partial charge in [-0.25, -0.2) is 0 Å². The molecular formula is C25H44O4. The number of rotatable bonds is 7.